The Morgan fingerprint density at radius 1 is 0.783 bits per heavy atom. The number of carboxylic acids is 2. The number of aliphatic imine (C=N–C) groups is 1. The van der Waals surface area contributed by atoms with E-state index >= 15 is 0 Å². The zero-order chi connectivity index (χ0) is 45.5. The number of nitrogens with two attached hydrogens (primary N) is 4. The van der Waals surface area contributed by atoms with E-state index in [2.05, 4.69) is 49.5 Å². The lowest BCUT2D eigenvalue weighted by atomic mass is 10.0. The van der Waals surface area contributed by atoms with Gasteiger partial charge in [0, 0.05) is 18.8 Å². The van der Waals surface area contributed by atoms with Gasteiger partial charge in [-0.1, -0.05) is 13.8 Å². The molecule has 1 heterocycles. The summed E-state index contributed by atoms with van der Waals surface area (Å²) in [6.45, 7) is 2.50. The van der Waals surface area contributed by atoms with Crippen molar-refractivity contribution in [2.45, 2.75) is 114 Å². The molecule has 0 spiro atoms. The summed E-state index contributed by atoms with van der Waals surface area (Å²) in [6, 6.07) is -9.33. The molecule has 1 fully saturated rings. The fraction of sp³-hybridized carbons (Fsp3) is 0.714. The van der Waals surface area contributed by atoms with Gasteiger partial charge in [0.1, 0.15) is 36.3 Å². The number of aliphatic hydroxyl groups is 1. The molecule has 1 saturated heterocycles. The molecule has 0 aromatic heterocycles. The Kier molecular flexibility index (Phi) is 24.2. The summed E-state index contributed by atoms with van der Waals surface area (Å²) in [5.74, 6) is -9.16. The molecule has 0 aliphatic carbocycles. The molecule has 0 radical (unpaired) electrons. The molecular weight excluding hydrogens is 813 g/mol. The van der Waals surface area contributed by atoms with Gasteiger partial charge in [0.05, 0.1) is 25.6 Å². The first kappa shape index (κ1) is 52.7. The second-order valence-electron chi connectivity index (χ2n) is 14.5. The SMILES string of the molecule is CC(C)CC(NC(=O)C(CCCN=C(N)N)NC(=O)C(CO)NC(=O)C(CS)NC(=O)C(CCCCN)NC(=O)CNC(=O)C(N)CC(=O)O)C(=O)N1CCCC1C(=O)O. The summed E-state index contributed by atoms with van der Waals surface area (Å²) in [5, 5.41) is 43.0. The smallest absolute Gasteiger partial charge is 0.326 e. The zero-order valence-corrected chi connectivity index (χ0v) is 34.8. The molecule has 0 aromatic carbocycles. The van der Waals surface area contributed by atoms with E-state index < -0.39 is 115 Å². The first-order valence-electron chi connectivity index (χ1n) is 19.5. The van der Waals surface area contributed by atoms with Gasteiger partial charge in [-0.3, -0.25) is 43.3 Å². The van der Waals surface area contributed by atoms with Crippen LogP contribution in [0.1, 0.15) is 71.6 Å². The minimum absolute atomic E-state index is 0.0527. The van der Waals surface area contributed by atoms with Crippen molar-refractivity contribution >= 4 is 71.9 Å². The average molecular weight is 875 g/mol. The molecule has 17 N–H and O–H groups in total. The van der Waals surface area contributed by atoms with Crippen LogP contribution >= 0.6 is 12.6 Å². The standard InChI is InChI=1S/C35H62N12O12S/c1-18(2)13-22(33(57)47-12-6-9-25(47)34(58)59)44-30(54)21(8-5-11-40-35(38)39)43-31(55)23(16-48)45-32(56)24(17-60)46-29(53)20(7-3-4-10-36)42-26(49)15-41-28(52)19(37)14-27(50)51/h18-25,48,60H,3-17,36-37H2,1-2H3,(H,41,52)(H,42,49)(H,43,55)(H,44,54)(H,45,56)(H,46,53)(H,50,51)(H,58,59)(H4,38,39,40). The van der Waals surface area contributed by atoms with Crippen molar-refractivity contribution in [3.8, 4) is 0 Å². The van der Waals surface area contributed by atoms with Crippen LogP contribution in [0.4, 0.5) is 0 Å². The average Bonchev–Trinajstić information content (AvgIpc) is 3.68. The van der Waals surface area contributed by atoms with E-state index in [9.17, 15) is 53.4 Å². The predicted molar refractivity (Wildman–Crippen MR) is 218 cm³/mol. The van der Waals surface area contributed by atoms with Crippen molar-refractivity contribution in [2.24, 2.45) is 33.8 Å². The lowest BCUT2D eigenvalue weighted by Gasteiger charge is -2.30. The summed E-state index contributed by atoms with van der Waals surface area (Å²) in [6.07, 6.45) is 1.14. The van der Waals surface area contributed by atoms with Crippen LogP contribution in [0.15, 0.2) is 4.99 Å². The fourth-order valence-corrected chi connectivity index (χ4v) is 6.27. The van der Waals surface area contributed by atoms with Crippen LogP contribution in [0.3, 0.4) is 0 Å². The third-order valence-corrected chi connectivity index (χ3v) is 9.47. The summed E-state index contributed by atoms with van der Waals surface area (Å²) < 4.78 is 0. The minimum Gasteiger partial charge on any atom is -0.481 e. The fourth-order valence-electron chi connectivity index (χ4n) is 6.02. The normalized spacial score (nSPS) is 16.5. The Morgan fingerprint density at radius 3 is 1.88 bits per heavy atom. The number of unbranched alkanes of at least 4 members (excludes halogenated alkanes) is 1. The number of carboxylic acid groups (broad SMARTS) is 2. The Labute approximate surface area is 352 Å². The number of likely N-dealkylation sites (tertiary alicyclic amines) is 1. The largest absolute Gasteiger partial charge is 0.481 e. The topological polar surface area (TPSA) is 406 Å². The van der Waals surface area contributed by atoms with Crippen molar-refractivity contribution < 1.29 is 58.5 Å². The molecular formula is C35H62N12O12S. The van der Waals surface area contributed by atoms with E-state index in [-0.39, 0.29) is 69.4 Å². The highest BCUT2D eigenvalue weighted by molar-refractivity contribution is 7.80. The number of thiol groups is 1. The van der Waals surface area contributed by atoms with Crippen LogP contribution in [-0.4, -0.2) is 160 Å². The van der Waals surface area contributed by atoms with Crippen LogP contribution < -0.4 is 54.8 Å². The monoisotopic (exact) mass is 874 g/mol. The summed E-state index contributed by atoms with van der Waals surface area (Å²) in [7, 11) is 0. The number of aliphatic carboxylic acids is 2. The lowest BCUT2D eigenvalue weighted by Crippen LogP contribution is -2.60. The molecule has 1 rings (SSSR count). The number of nitrogens with one attached hydrogen (secondary N) is 6. The third kappa shape index (κ3) is 19.2. The van der Waals surface area contributed by atoms with Crippen molar-refractivity contribution in [3.05, 3.63) is 0 Å². The Hall–Kier alpha value is -5.27. The van der Waals surface area contributed by atoms with Crippen LogP contribution in [0, 0.1) is 5.92 Å². The Balaban J connectivity index is 3.14. The van der Waals surface area contributed by atoms with E-state index in [1.807, 2.05) is 0 Å². The number of guanidine groups is 1. The number of carbonyl (C=O) groups excluding carboxylic acids is 7. The molecule has 1 aliphatic heterocycles. The van der Waals surface area contributed by atoms with E-state index in [4.69, 9.17) is 28.0 Å². The Morgan fingerprint density at radius 2 is 1.33 bits per heavy atom. The molecule has 7 unspecified atom stereocenters. The minimum atomic E-state index is -1.67. The molecule has 60 heavy (non-hydrogen) atoms. The Bertz CT molecular complexity index is 1530. The third-order valence-electron chi connectivity index (χ3n) is 9.11. The van der Waals surface area contributed by atoms with E-state index in [1.54, 1.807) is 13.8 Å². The van der Waals surface area contributed by atoms with Gasteiger partial charge in [-0.2, -0.15) is 12.6 Å². The van der Waals surface area contributed by atoms with Gasteiger partial charge in [-0.25, -0.2) is 4.79 Å². The maximum Gasteiger partial charge on any atom is 0.326 e. The highest BCUT2D eigenvalue weighted by Crippen LogP contribution is 2.20. The number of hydrogen-bond acceptors (Lipinski definition) is 14. The van der Waals surface area contributed by atoms with Crippen molar-refractivity contribution in [1.29, 1.82) is 0 Å². The van der Waals surface area contributed by atoms with Gasteiger partial charge < -0.3 is 75.1 Å². The molecule has 0 bridgehead atoms. The second-order valence-corrected chi connectivity index (χ2v) is 14.9. The van der Waals surface area contributed by atoms with Crippen LogP contribution in [0.2, 0.25) is 0 Å². The number of hydrogen-bond donors (Lipinski definition) is 14. The predicted octanol–water partition coefficient (Wildman–Crippen LogP) is -5.45. The number of amides is 7. The highest BCUT2D eigenvalue weighted by Gasteiger charge is 2.39. The summed E-state index contributed by atoms with van der Waals surface area (Å²) in [5.41, 5.74) is 21.9. The van der Waals surface area contributed by atoms with Gasteiger partial charge in [-0.15, -0.1) is 0 Å². The summed E-state index contributed by atoms with van der Waals surface area (Å²) in [4.78, 5) is 120. The number of carbonyl (C=O) groups is 9. The molecule has 340 valence electrons. The van der Waals surface area contributed by atoms with Crippen LogP contribution in [0.25, 0.3) is 0 Å². The maximum atomic E-state index is 13.7. The summed E-state index contributed by atoms with van der Waals surface area (Å²) >= 11 is 4.13. The zero-order valence-electron chi connectivity index (χ0n) is 33.9. The van der Waals surface area contributed by atoms with Crippen LogP contribution in [-0.2, 0) is 43.2 Å². The molecule has 7 atom stereocenters. The number of rotatable bonds is 28. The molecule has 25 heteroatoms. The molecule has 7 amide bonds. The first-order chi connectivity index (χ1) is 28.2. The van der Waals surface area contributed by atoms with Gasteiger partial charge in [-0.05, 0) is 63.8 Å². The van der Waals surface area contributed by atoms with E-state index in [0.717, 1.165) is 0 Å². The maximum absolute atomic E-state index is 13.7. The highest BCUT2D eigenvalue weighted by atomic mass is 32.1. The van der Waals surface area contributed by atoms with Crippen LogP contribution in [0.5, 0.6) is 0 Å². The molecule has 0 saturated carbocycles. The van der Waals surface area contributed by atoms with E-state index in [1.165, 1.54) is 4.90 Å². The number of aliphatic hydroxyl groups excluding tert-OH is 1. The molecule has 24 nitrogen and oxygen atoms in total. The number of nitrogens with zero attached hydrogens (tertiary/aromatic N) is 2. The van der Waals surface area contributed by atoms with Gasteiger partial charge >= 0.3 is 11.9 Å². The van der Waals surface area contributed by atoms with Gasteiger partial charge in [0.15, 0.2) is 5.96 Å². The van der Waals surface area contributed by atoms with Crippen molar-refractivity contribution in [3.63, 3.8) is 0 Å². The van der Waals surface area contributed by atoms with Gasteiger partial charge in [0.25, 0.3) is 0 Å². The van der Waals surface area contributed by atoms with Crippen molar-refractivity contribution in [1.82, 2.24) is 36.8 Å². The van der Waals surface area contributed by atoms with Crippen molar-refractivity contribution in [2.75, 3.05) is 38.5 Å². The quantitative estimate of drug-likeness (QED) is 0.0151. The molecule has 1 aliphatic rings. The molecule has 0 aromatic rings. The van der Waals surface area contributed by atoms with E-state index in [0.29, 0.717) is 19.3 Å². The second kappa shape index (κ2) is 27.5. The lowest BCUT2D eigenvalue weighted by molar-refractivity contribution is -0.149. The van der Waals surface area contributed by atoms with Gasteiger partial charge in [0.2, 0.25) is 41.4 Å². The first-order valence-corrected chi connectivity index (χ1v) is 20.2.